The third kappa shape index (κ3) is 5.54. The number of aromatic nitrogens is 3. The predicted octanol–water partition coefficient (Wildman–Crippen LogP) is 1.75. The lowest BCUT2D eigenvalue weighted by molar-refractivity contribution is 0.102. The number of urea groups is 1. The lowest BCUT2D eigenvalue weighted by Crippen LogP contribution is -2.40. The van der Waals surface area contributed by atoms with Crippen molar-refractivity contribution in [2.24, 2.45) is 0 Å². The Labute approximate surface area is 159 Å². The fraction of sp³-hybridized carbons (Fsp3) is 0.611. The molecule has 0 aliphatic carbocycles. The average Bonchev–Trinajstić information content (AvgIpc) is 2.95. The number of imidazole rings is 1. The van der Waals surface area contributed by atoms with Gasteiger partial charge in [0.25, 0.3) is 0 Å². The van der Waals surface area contributed by atoms with E-state index < -0.39 is 0 Å². The number of carbonyl (C=O) groups is 1. The van der Waals surface area contributed by atoms with Crippen molar-refractivity contribution in [1.29, 1.82) is 0 Å². The van der Waals surface area contributed by atoms with Gasteiger partial charge in [-0.05, 0) is 33.8 Å². The molecular weight excluding hydrogens is 348 g/mol. The molecule has 0 aromatic carbocycles. The van der Waals surface area contributed by atoms with E-state index in [1.807, 2.05) is 38.3 Å². The molecule has 0 fully saturated rings. The molecule has 2 aromatic rings. The van der Waals surface area contributed by atoms with Crippen molar-refractivity contribution in [3.8, 4) is 0 Å². The van der Waals surface area contributed by atoms with Gasteiger partial charge in [-0.2, -0.15) is 0 Å². The Bertz CT molecular complexity index is 774. The van der Waals surface area contributed by atoms with Gasteiger partial charge in [0.1, 0.15) is 17.4 Å². The number of carbonyl (C=O) groups excluding carboxylic acids is 1. The van der Waals surface area contributed by atoms with Crippen LogP contribution in [0.2, 0.25) is 0 Å². The zero-order valence-electron chi connectivity index (χ0n) is 16.7. The number of nitrogens with one attached hydrogen (secondary N) is 2. The van der Waals surface area contributed by atoms with Gasteiger partial charge in [-0.25, -0.2) is 14.8 Å². The molecule has 0 bridgehead atoms. The van der Waals surface area contributed by atoms with Crippen LogP contribution in [-0.4, -0.2) is 53.5 Å². The summed E-state index contributed by atoms with van der Waals surface area (Å²) in [4.78, 5) is 20.4. The summed E-state index contributed by atoms with van der Waals surface area (Å²) in [5, 5.41) is 5.52. The third-order valence-corrected chi connectivity index (χ3v) is 4.05. The number of hydrogen-bond acceptors (Lipinski definition) is 6. The maximum Gasteiger partial charge on any atom is 0.315 e. The number of nitrogen functional groups attached to an aromatic ring is 1. The third-order valence-electron chi connectivity index (χ3n) is 4.05. The highest BCUT2D eigenvalue weighted by molar-refractivity contribution is 5.85. The maximum atomic E-state index is 11.5. The van der Waals surface area contributed by atoms with Crippen molar-refractivity contribution in [1.82, 2.24) is 25.2 Å². The van der Waals surface area contributed by atoms with Crippen molar-refractivity contribution >= 4 is 22.9 Å². The summed E-state index contributed by atoms with van der Waals surface area (Å²) in [6, 6.07) is 1.87. The molecule has 0 radical (unpaired) electrons. The largest absolute Gasteiger partial charge is 0.382 e. The molecule has 4 N–H and O–H groups in total. The van der Waals surface area contributed by atoms with E-state index in [2.05, 4.69) is 20.6 Å². The summed E-state index contributed by atoms with van der Waals surface area (Å²) < 4.78 is 13.1. The minimum atomic E-state index is -0.191. The van der Waals surface area contributed by atoms with Crippen LogP contribution in [0, 0.1) is 6.92 Å². The number of nitrogens with zero attached hydrogens (tertiary/aromatic N) is 3. The highest BCUT2D eigenvalue weighted by Crippen LogP contribution is 2.26. The van der Waals surface area contributed by atoms with E-state index in [9.17, 15) is 4.79 Å². The molecule has 0 spiro atoms. The quantitative estimate of drug-likeness (QED) is 0.573. The van der Waals surface area contributed by atoms with Gasteiger partial charge >= 0.3 is 6.03 Å². The molecule has 1 atom stereocenters. The predicted molar refractivity (Wildman–Crippen MR) is 105 cm³/mol. The van der Waals surface area contributed by atoms with Gasteiger partial charge in [0, 0.05) is 31.9 Å². The van der Waals surface area contributed by atoms with E-state index in [0.717, 1.165) is 17.0 Å². The Morgan fingerprint density at radius 2 is 2.04 bits per heavy atom. The number of amides is 2. The molecule has 2 rings (SSSR count). The molecule has 1 unspecified atom stereocenters. The Kier molecular flexibility index (Phi) is 7.37. The number of nitrogens with two attached hydrogens (primary N) is 1. The number of rotatable bonds is 9. The highest BCUT2D eigenvalue weighted by Gasteiger charge is 2.18. The SMILES string of the molecule is COC(C)c1nc2c(N)nc(C)cc2n1CCOCCNC(=O)NC(C)C. The number of fused-ring (bicyclic) bond motifs is 1. The van der Waals surface area contributed by atoms with Crippen molar-refractivity contribution in [3.05, 3.63) is 17.6 Å². The molecule has 0 saturated carbocycles. The zero-order chi connectivity index (χ0) is 20.0. The summed E-state index contributed by atoms with van der Waals surface area (Å²) >= 11 is 0. The van der Waals surface area contributed by atoms with E-state index in [0.29, 0.717) is 37.6 Å². The van der Waals surface area contributed by atoms with E-state index in [4.69, 9.17) is 15.2 Å². The maximum absolute atomic E-state index is 11.5. The Hall–Kier alpha value is -2.39. The van der Waals surface area contributed by atoms with E-state index >= 15 is 0 Å². The molecule has 0 aliphatic heterocycles. The lowest BCUT2D eigenvalue weighted by atomic mass is 10.3. The van der Waals surface area contributed by atoms with Gasteiger partial charge < -0.3 is 30.4 Å². The fourth-order valence-electron chi connectivity index (χ4n) is 2.75. The van der Waals surface area contributed by atoms with Gasteiger partial charge in [-0.1, -0.05) is 0 Å². The van der Waals surface area contributed by atoms with Crippen LogP contribution < -0.4 is 16.4 Å². The van der Waals surface area contributed by atoms with Crippen molar-refractivity contribution in [2.75, 3.05) is 32.6 Å². The highest BCUT2D eigenvalue weighted by atomic mass is 16.5. The molecule has 2 aromatic heterocycles. The average molecular weight is 378 g/mol. The number of anilines is 1. The molecule has 0 saturated heterocycles. The van der Waals surface area contributed by atoms with Gasteiger partial charge in [-0.15, -0.1) is 0 Å². The van der Waals surface area contributed by atoms with E-state index in [1.165, 1.54) is 0 Å². The van der Waals surface area contributed by atoms with Crippen LogP contribution in [-0.2, 0) is 16.0 Å². The first kappa shape index (κ1) is 20.9. The van der Waals surface area contributed by atoms with Crippen LogP contribution in [0.15, 0.2) is 6.07 Å². The Balaban J connectivity index is 1.98. The first-order valence-electron chi connectivity index (χ1n) is 9.11. The normalized spacial score (nSPS) is 12.5. The van der Waals surface area contributed by atoms with Crippen LogP contribution in [0.4, 0.5) is 10.6 Å². The van der Waals surface area contributed by atoms with Crippen LogP contribution in [0.3, 0.4) is 0 Å². The summed E-state index contributed by atoms with van der Waals surface area (Å²) in [6.45, 7) is 9.60. The van der Waals surface area contributed by atoms with Crippen molar-refractivity contribution in [2.45, 2.75) is 46.4 Å². The minimum absolute atomic E-state index is 0.104. The van der Waals surface area contributed by atoms with Crippen molar-refractivity contribution in [3.63, 3.8) is 0 Å². The molecule has 9 nitrogen and oxygen atoms in total. The monoisotopic (exact) mass is 378 g/mol. The Morgan fingerprint density at radius 1 is 1.30 bits per heavy atom. The van der Waals surface area contributed by atoms with Gasteiger partial charge in [-0.3, -0.25) is 0 Å². The van der Waals surface area contributed by atoms with Crippen LogP contribution >= 0.6 is 0 Å². The Morgan fingerprint density at radius 3 is 2.70 bits per heavy atom. The standard InChI is InChI=1S/C18H30N6O3/c1-11(2)21-18(25)20-6-8-27-9-7-24-14-10-12(3)22-16(19)15(14)23-17(24)13(4)26-5/h10-11,13H,6-9H2,1-5H3,(H2,19,22)(H2,20,21,25). The number of hydrogen-bond donors (Lipinski definition) is 3. The number of methoxy groups -OCH3 is 1. The number of aryl methyl sites for hydroxylation is 1. The van der Waals surface area contributed by atoms with E-state index in [-0.39, 0.29) is 18.2 Å². The smallest absolute Gasteiger partial charge is 0.315 e. The van der Waals surface area contributed by atoms with Crippen LogP contribution in [0.1, 0.15) is 38.4 Å². The number of ether oxygens (including phenoxy) is 2. The minimum Gasteiger partial charge on any atom is -0.382 e. The second kappa shape index (κ2) is 9.52. The molecule has 2 heterocycles. The fourth-order valence-corrected chi connectivity index (χ4v) is 2.75. The van der Waals surface area contributed by atoms with Gasteiger partial charge in [0.2, 0.25) is 0 Å². The van der Waals surface area contributed by atoms with Gasteiger partial charge in [0.15, 0.2) is 5.82 Å². The second-order valence-electron chi connectivity index (χ2n) is 6.68. The summed E-state index contributed by atoms with van der Waals surface area (Å²) in [7, 11) is 1.64. The summed E-state index contributed by atoms with van der Waals surface area (Å²) in [5.74, 6) is 1.19. The summed E-state index contributed by atoms with van der Waals surface area (Å²) in [5.41, 5.74) is 8.45. The first-order chi connectivity index (χ1) is 12.8. The van der Waals surface area contributed by atoms with Crippen molar-refractivity contribution < 1.29 is 14.3 Å². The molecule has 0 aliphatic rings. The van der Waals surface area contributed by atoms with Crippen LogP contribution in [0.5, 0.6) is 0 Å². The molecule has 2 amide bonds. The molecule has 27 heavy (non-hydrogen) atoms. The molecule has 9 heteroatoms. The van der Waals surface area contributed by atoms with Gasteiger partial charge in [0.05, 0.1) is 18.7 Å². The van der Waals surface area contributed by atoms with Crippen LogP contribution in [0.25, 0.3) is 11.0 Å². The lowest BCUT2D eigenvalue weighted by Gasteiger charge is -2.14. The topological polar surface area (TPSA) is 116 Å². The summed E-state index contributed by atoms with van der Waals surface area (Å²) in [6.07, 6.45) is -0.182. The molecule has 150 valence electrons. The second-order valence-corrected chi connectivity index (χ2v) is 6.68. The zero-order valence-corrected chi connectivity index (χ0v) is 16.7. The number of pyridine rings is 1. The first-order valence-corrected chi connectivity index (χ1v) is 9.11. The van der Waals surface area contributed by atoms with E-state index in [1.54, 1.807) is 7.11 Å². The molecular formula is C18H30N6O3.